The van der Waals surface area contributed by atoms with Gasteiger partial charge in [0.2, 0.25) is 5.91 Å². The molecule has 0 radical (unpaired) electrons. The van der Waals surface area contributed by atoms with Crippen LogP contribution in [0.25, 0.3) is 0 Å². The fourth-order valence-electron chi connectivity index (χ4n) is 2.84. The van der Waals surface area contributed by atoms with E-state index >= 15 is 0 Å². The van der Waals surface area contributed by atoms with Crippen LogP contribution >= 0.6 is 0 Å². The maximum atomic E-state index is 11.0. The Morgan fingerprint density at radius 3 is 2.77 bits per heavy atom. The van der Waals surface area contributed by atoms with E-state index in [1.807, 2.05) is 0 Å². The van der Waals surface area contributed by atoms with Crippen LogP contribution in [-0.4, -0.2) is 36.5 Å². The lowest BCUT2D eigenvalue weighted by molar-refractivity contribution is -0.121. The van der Waals surface area contributed by atoms with Gasteiger partial charge in [-0.15, -0.1) is 0 Å². The molecule has 3 rings (SSSR count). The van der Waals surface area contributed by atoms with Gasteiger partial charge in [0.05, 0.1) is 0 Å². The molecule has 74 valence electrons. The molecule has 0 saturated carbocycles. The Morgan fingerprint density at radius 1 is 1.46 bits per heavy atom. The molecule has 3 aliphatic rings. The molecular formula is C10H18N2O. The first-order valence-corrected chi connectivity index (χ1v) is 5.16. The van der Waals surface area contributed by atoms with E-state index in [0.717, 1.165) is 12.5 Å². The Kier molecular flexibility index (Phi) is 2.28. The van der Waals surface area contributed by atoms with Crippen LogP contribution in [0.4, 0.5) is 0 Å². The Morgan fingerprint density at radius 2 is 2.23 bits per heavy atom. The van der Waals surface area contributed by atoms with Crippen molar-refractivity contribution in [2.45, 2.75) is 26.3 Å². The second-order valence-corrected chi connectivity index (χ2v) is 4.50. The van der Waals surface area contributed by atoms with Crippen molar-refractivity contribution in [2.75, 3.05) is 19.6 Å². The molecule has 0 aliphatic carbocycles. The normalized spacial score (nSPS) is 43.2. The second-order valence-electron chi connectivity index (χ2n) is 4.50. The van der Waals surface area contributed by atoms with Gasteiger partial charge in [0.15, 0.2) is 0 Å². The molecule has 0 aromatic carbocycles. The molecule has 3 heteroatoms. The predicted molar refractivity (Wildman–Crippen MR) is 51.3 cm³/mol. The van der Waals surface area contributed by atoms with E-state index in [2.05, 4.69) is 17.1 Å². The van der Waals surface area contributed by atoms with E-state index in [1.54, 1.807) is 6.92 Å². The van der Waals surface area contributed by atoms with E-state index < -0.39 is 0 Å². The lowest BCUT2D eigenvalue weighted by Gasteiger charge is -2.48. The molecular weight excluding hydrogens is 164 g/mol. The average Bonchev–Trinajstić information content (AvgIpc) is 2.02. The zero-order chi connectivity index (χ0) is 9.42. The summed E-state index contributed by atoms with van der Waals surface area (Å²) in [7, 11) is 0. The number of piperidine rings is 3. The van der Waals surface area contributed by atoms with Crippen LogP contribution in [-0.2, 0) is 4.79 Å². The minimum Gasteiger partial charge on any atom is -0.352 e. The smallest absolute Gasteiger partial charge is 0.217 e. The van der Waals surface area contributed by atoms with Gasteiger partial charge in [-0.05, 0) is 24.8 Å². The largest absolute Gasteiger partial charge is 0.352 e. The van der Waals surface area contributed by atoms with Gasteiger partial charge in [-0.2, -0.15) is 0 Å². The van der Waals surface area contributed by atoms with E-state index in [0.29, 0.717) is 12.0 Å². The summed E-state index contributed by atoms with van der Waals surface area (Å²) in [6.45, 7) is 7.42. The maximum Gasteiger partial charge on any atom is 0.217 e. The predicted octanol–water partition coefficient (Wildman–Crippen LogP) is 0.463. The zero-order valence-corrected chi connectivity index (χ0v) is 8.42. The summed E-state index contributed by atoms with van der Waals surface area (Å²) in [6.07, 6.45) is 1.26. The number of nitrogens with zero attached hydrogens (tertiary/aromatic N) is 1. The Hall–Kier alpha value is -0.570. The third-order valence-electron chi connectivity index (χ3n) is 3.42. The number of hydrogen-bond acceptors (Lipinski definition) is 2. The zero-order valence-electron chi connectivity index (χ0n) is 8.42. The summed E-state index contributed by atoms with van der Waals surface area (Å²) in [5.74, 6) is 1.58. The lowest BCUT2D eigenvalue weighted by atomic mass is 9.77. The van der Waals surface area contributed by atoms with Gasteiger partial charge in [0.25, 0.3) is 0 Å². The minimum atomic E-state index is 0.117. The standard InChI is InChI=1S/C10H18N2O/c1-7-5-12-4-3-9(7)10(6-12)11-8(2)13/h7,9-10H,3-6H2,1-2H3,(H,11,13). The first kappa shape index (κ1) is 9.00. The van der Waals surface area contributed by atoms with E-state index in [9.17, 15) is 4.79 Å². The highest BCUT2D eigenvalue weighted by Crippen LogP contribution is 2.32. The van der Waals surface area contributed by atoms with Crippen molar-refractivity contribution < 1.29 is 4.79 Å². The second kappa shape index (κ2) is 3.29. The number of carbonyl (C=O) groups is 1. The third-order valence-corrected chi connectivity index (χ3v) is 3.42. The van der Waals surface area contributed by atoms with Gasteiger partial charge in [-0.3, -0.25) is 4.79 Å². The van der Waals surface area contributed by atoms with Crippen molar-refractivity contribution in [3.8, 4) is 0 Å². The molecule has 0 aromatic heterocycles. The summed E-state index contributed by atoms with van der Waals surface area (Å²) in [5, 5.41) is 3.06. The van der Waals surface area contributed by atoms with E-state index in [4.69, 9.17) is 0 Å². The summed E-state index contributed by atoms with van der Waals surface area (Å²) >= 11 is 0. The Bertz CT molecular complexity index is 217. The van der Waals surface area contributed by atoms with Crippen LogP contribution < -0.4 is 5.32 Å². The van der Waals surface area contributed by atoms with Crippen LogP contribution in [0.1, 0.15) is 20.3 Å². The Balaban J connectivity index is 2.01. The quantitative estimate of drug-likeness (QED) is 0.639. The number of carbonyl (C=O) groups excluding carboxylic acids is 1. The number of fused-ring (bicyclic) bond motifs is 3. The molecule has 3 aliphatic heterocycles. The van der Waals surface area contributed by atoms with Crippen molar-refractivity contribution in [1.82, 2.24) is 10.2 Å². The Labute approximate surface area is 79.5 Å². The molecule has 4 unspecified atom stereocenters. The lowest BCUT2D eigenvalue weighted by Crippen LogP contribution is -2.60. The molecule has 3 heterocycles. The van der Waals surface area contributed by atoms with Crippen molar-refractivity contribution in [3.05, 3.63) is 0 Å². The SMILES string of the molecule is CC(=O)NC1CN2CCC1C(C)C2. The average molecular weight is 182 g/mol. The molecule has 1 N–H and O–H groups in total. The molecule has 1 amide bonds. The molecule has 2 bridgehead atoms. The summed E-state index contributed by atoms with van der Waals surface area (Å²) in [5.41, 5.74) is 0. The van der Waals surface area contributed by atoms with Gasteiger partial charge in [-0.25, -0.2) is 0 Å². The summed E-state index contributed by atoms with van der Waals surface area (Å²) in [6, 6.07) is 0.412. The van der Waals surface area contributed by atoms with Crippen molar-refractivity contribution >= 4 is 5.91 Å². The molecule has 3 fully saturated rings. The third kappa shape index (κ3) is 1.70. The van der Waals surface area contributed by atoms with Gasteiger partial charge < -0.3 is 10.2 Å². The first-order chi connectivity index (χ1) is 6.16. The van der Waals surface area contributed by atoms with E-state index in [1.165, 1.54) is 19.5 Å². The van der Waals surface area contributed by atoms with E-state index in [-0.39, 0.29) is 5.91 Å². The van der Waals surface area contributed by atoms with Gasteiger partial charge in [0.1, 0.15) is 0 Å². The highest BCUT2D eigenvalue weighted by atomic mass is 16.1. The number of amides is 1. The van der Waals surface area contributed by atoms with Gasteiger partial charge in [0, 0.05) is 26.1 Å². The minimum absolute atomic E-state index is 0.117. The molecule has 0 aromatic rings. The number of nitrogens with one attached hydrogen (secondary N) is 1. The molecule has 4 atom stereocenters. The maximum absolute atomic E-state index is 11.0. The monoisotopic (exact) mass is 182 g/mol. The topological polar surface area (TPSA) is 32.3 Å². The highest BCUT2D eigenvalue weighted by molar-refractivity contribution is 5.73. The first-order valence-electron chi connectivity index (χ1n) is 5.16. The van der Waals surface area contributed by atoms with Crippen LogP contribution in [0.2, 0.25) is 0 Å². The summed E-state index contributed by atoms with van der Waals surface area (Å²) < 4.78 is 0. The van der Waals surface area contributed by atoms with Gasteiger partial charge in [-0.1, -0.05) is 6.92 Å². The fraction of sp³-hybridized carbons (Fsp3) is 0.900. The molecule has 3 saturated heterocycles. The number of hydrogen-bond donors (Lipinski definition) is 1. The van der Waals surface area contributed by atoms with Crippen molar-refractivity contribution in [3.63, 3.8) is 0 Å². The van der Waals surface area contributed by atoms with Crippen LogP contribution in [0.3, 0.4) is 0 Å². The molecule has 3 nitrogen and oxygen atoms in total. The van der Waals surface area contributed by atoms with Crippen LogP contribution in [0.5, 0.6) is 0 Å². The number of rotatable bonds is 1. The molecule has 13 heavy (non-hydrogen) atoms. The van der Waals surface area contributed by atoms with Crippen LogP contribution in [0.15, 0.2) is 0 Å². The van der Waals surface area contributed by atoms with Crippen LogP contribution in [0, 0.1) is 11.8 Å². The molecule has 0 spiro atoms. The van der Waals surface area contributed by atoms with Gasteiger partial charge >= 0.3 is 0 Å². The highest BCUT2D eigenvalue weighted by Gasteiger charge is 2.38. The summed E-state index contributed by atoms with van der Waals surface area (Å²) in [4.78, 5) is 13.4. The van der Waals surface area contributed by atoms with Crippen molar-refractivity contribution in [1.29, 1.82) is 0 Å². The van der Waals surface area contributed by atoms with Crippen molar-refractivity contribution in [2.24, 2.45) is 11.8 Å². The fourth-order valence-corrected chi connectivity index (χ4v) is 2.84.